The summed E-state index contributed by atoms with van der Waals surface area (Å²) in [6, 6.07) is 0. The van der Waals surface area contributed by atoms with Crippen molar-refractivity contribution in [1.82, 2.24) is 0 Å². The molecule has 0 spiro atoms. The van der Waals surface area contributed by atoms with Crippen LogP contribution in [0.4, 0.5) is 0 Å². The quantitative estimate of drug-likeness (QED) is 0.523. The molecule has 0 nitrogen and oxygen atoms in total. The van der Waals surface area contributed by atoms with Crippen LogP contribution >= 0.6 is 7.26 Å². The van der Waals surface area contributed by atoms with Crippen molar-refractivity contribution < 1.29 is 0 Å². The summed E-state index contributed by atoms with van der Waals surface area (Å²) in [5.41, 5.74) is 1.00. The van der Waals surface area contributed by atoms with Crippen molar-refractivity contribution >= 4 is 7.26 Å². The van der Waals surface area contributed by atoms with Crippen LogP contribution in [0.25, 0.3) is 0 Å². The molecule has 0 aromatic carbocycles. The molecule has 0 atom stereocenters. The van der Waals surface area contributed by atoms with Crippen LogP contribution in [0.15, 0.2) is 23.8 Å². The van der Waals surface area contributed by atoms with E-state index in [4.69, 9.17) is 0 Å². The van der Waals surface area contributed by atoms with Crippen molar-refractivity contribution in [3.05, 3.63) is 23.8 Å². The third-order valence-electron chi connectivity index (χ3n) is 4.29. The van der Waals surface area contributed by atoms with E-state index < -0.39 is 7.26 Å². The molecule has 1 aliphatic carbocycles. The van der Waals surface area contributed by atoms with Gasteiger partial charge in [-0.15, -0.1) is 0 Å². The van der Waals surface area contributed by atoms with Crippen molar-refractivity contribution in [2.24, 2.45) is 0 Å². The van der Waals surface area contributed by atoms with E-state index in [-0.39, 0.29) is 0 Å². The maximum absolute atomic E-state index is 2.53. The average Bonchev–Trinajstić information content (AvgIpc) is 2.74. The van der Waals surface area contributed by atoms with E-state index >= 15 is 0 Å². The van der Waals surface area contributed by atoms with Crippen molar-refractivity contribution in [3.8, 4) is 0 Å². The predicted molar refractivity (Wildman–Crippen MR) is 76.5 cm³/mol. The molecule has 0 amide bonds. The number of hydrogen-bond donors (Lipinski definition) is 0. The Bertz CT molecular complexity index is 243. The van der Waals surface area contributed by atoms with Crippen LogP contribution < -0.4 is 0 Å². The van der Waals surface area contributed by atoms with Crippen molar-refractivity contribution in [2.75, 3.05) is 6.66 Å². The first kappa shape index (κ1) is 12.4. The molecule has 1 fully saturated rings. The summed E-state index contributed by atoms with van der Waals surface area (Å²) in [4.78, 5) is 0. The zero-order valence-corrected chi connectivity index (χ0v) is 11.6. The highest BCUT2D eigenvalue weighted by atomic mass is 31.2. The third kappa shape index (κ3) is 3.20. The molecular formula is C15H26P+. The van der Waals surface area contributed by atoms with Gasteiger partial charge in [-0.1, -0.05) is 32.1 Å². The zero-order chi connectivity index (χ0) is 11.3. The van der Waals surface area contributed by atoms with Crippen LogP contribution in [0, 0.1) is 0 Å². The largest absolute Gasteiger partial charge is 0.0777 e. The summed E-state index contributed by atoms with van der Waals surface area (Å²) in [5, 5.41) is 0. The average molecular weight is 237 g/mol. The molecule has 1 heteroatoms. The topological polar surface area (TPSA) is 0 Å². The van der Waals surface area contributed by atoms with E-state index in [0.717, 1.165) is 5.66 Å². The first-order valence-electron chi connectivity index (χ1n) is 7.04. The van der Waals surface area contributed by atoms with E-state index in [1.807, 2.05) is 0 Å². The summed E-state index contributed by atoms with van der Waals surface area (Å²) >= 11 is 0. The van der Waals surface area contributed by atoms with Crippen LogP contribution in [0.2, 0.25) is 0 Å². The van der Waals surface area contributed by atoms with Crippen molar-refractivity contribution in [3.63, 3.8) is 0 Å². The van der Waals surface area contributed by atoms with E-state index in [9.17, 15) is 0 Å². The van der Waals surface area contributed by atoms with Gasteiger partial charge in [-0.05, 0) is 37.8 Å². The van der Waals surface area contributed by atoms with Crippen molar-refractivity contribution in [1.29, 1.82) is 0 Å². The van der Waals surface area contributed by atoms with Gasteiger partial charge >= 0.3 is 0 Å². The van der Waals surface area contributed by atoms with Crippen LogP contribution in [-0.2, 0) is 0 Å². The van der Waals surface area contributed by atoms with E-state index in [1.54, 1.807) is 0 Å². The Morgan fingerprint density at radius 1 is 0.750 bits per heavy atom. The maximum atomic E-state index is 2.53. The fraction of sp³-hybridized carbons (Fsp3) is 0.733. The fourth-order valence-electron chi connectivity index (χ4n) is 3.11. The second-order valence-electron chi connectivity index (χ2n) is 5.61. The number of allylic oxidation sites excluding steroid dienone is 2. The third-order valence-corrected chi connectivity index (χ3v) is 8.01. The summed E-state index contributed by atoms with van der Waals surface area (Å²) in [7, 11) is -0.837. The van der Waals surface area contributed by atoms with Crippen LogP contribution in [0.3, 0.4) is 0 Å². The minimum Gasteiger partial charge on any atom is -0.0533 e. The Kier molecular flexibility index (Phi) is 4.65. The Balaban J connectivity index is 1.94. The van der Waals surface area contributed by atoms with Crippen molar-refractivity contribution in [2.45, 2.75) is 63.4 Å². The lowest BCUT2D eigenvalue weighted by atomic mass is 10.0. The fourth-order valence-corrected chi connectivity index (χ4v) is 6.11. The first-order chi connectivity index (χ1) is 7.81. The van der Waals surface area contributed by atoms with Gasteiger partial charge in [0.25, 0.3) is 0 Å². The molecule has 2 rings (SSSR count). The molecule has 90 valence electrons. The molecule has 0 saturated heterocycles. The van der Waals surface area contributed by atoms with E-state index in [1.165, 1.54) is 57.8 Å². The molecule has 1 saturated carbocycles. The summed E-state index contributed by atoms with van der Waals surface area (Å²) in [5.74, 6) is 5.06. The van der Waals surface area contributed by atoms with E-state index in [2.05, 4.69) is 30.5 Å². The molecule has 0 aromatic rings. The smallest absolute Gasteiger partial charge is 0.0533 e. The highest BCUT2D eigenvalue weighted by Gasteiger charge is 2.37. The van der Waals surface area contributed by atoms with Gasteiger partial charge in [0.05, 0.1) is 31.2 Å². The Hall–Kier alpha value is -0.0900. The SMILES string of the molecule is C[P+]1(C2CCCCCCCCC2)C=CC=C1. The van der Waals surface area contributed by atoms with Gasteiger partial charge in [0.2, 0.25) is 0 Å². The van der Waals surface area contributed by atoms with Gasteiger partial charge in [0.15, 0.2) is 0 Å². The molecular weight excluding hydrogens is 211 g/mol. The minimum absolute atomic E-state index is 0.837. The molecule has 2 aliphatic rings. The summed E-state index contributed by atoms with van der Waals surface area (Å²) in [6.07, 6.45) is 17.9. The Labute approximate surface area is 102 Å². The van der Waals surface area contributed by atoms with Gasteiger partial charge < -0.3 is 0 Å². The van der Waals surface area contributed by atoms with Crippen LogP contribution in [0.5, 0.6) is 0 Å². The highest BCUT2D eigenvalue weighted by Crippen LogP contribution is 2.67. The Morgan fingerprint density at radius 3 is 1.69 bits per heavy atom. The molecule has 0 aromatic heterocycles. The van der Waals surface area contributed by atoms with Gasteiger partial charge in [0, 0.05) is 0 Å². The van der Waals surface area contributed by atoms with Crippen LogP contribution in [0.1, 0.15) is 57.8 Å². The maximum Gasteiger partial charge on any atom is 0.0777 e. The molecule has 0 N–H and O–H groups in total. The van der Waals surface area contributed by atoms with Gasteiger partial charge in [0.1, 0.15) is 0 Å². The second-order valence-corrected chi connectivity index (χ2v) is 9.38. The Morgan fingerprint density at radius 2 is 1.19 bits per heavy atom. The van der Waals surface area contributed by atoms with E-state index in [0.29, 0.717) is 0 Å². The van der Waals surface area contributed by atoms with Gasteiger partial charge in [-0.2, -0.15) is 0 Å². The normalized spacial score (nSPS) is 27.1. The van der Waals surface area contributed by atoms with Gasteiger partial charge in [-0.25, -0.2) is 0 Å². The molecule has 0 radical (unpaired) electrons. The lowest BCUT2D eigenvalue weighted by Crippen LogP contribution is -2.11. The lowest BCUT2D eigenvalue weighted by Gasteiger charge is -2.25. The second kappa shape index (κ2) is 6.01. The zero-order valence-electron chi connectivity index (χ0n) is 10.7. The summed E-state index contributed by atoms with van der Waals surface area (Å²) < 4.78 is 0. The molecule has 0 bridgehead atoms. The number of hydrogen-bond acceptors (Lipinski definition) is 0. The van der Waals surface area contributed by atoms with Crippen LogP contribution in [-0.4, -0.2) is 12.3 Å². The number of rotatable bonds is 1. The molecule has 1 heterocycles. The molecule has 16 heavy (non-hydrogen) atoms. The standard InChI is InChI=1S/C15H26P/c1-16(13-9-10-14-16)15-11-7-5-3-2-4-6-8-12-15/h9-10,13-15H,2-8,11-12H2,1H3/q+1. The minimum atomic E-state index is -0.837. The predicted octanol–water partition coefficient (Wildman–Crippen LogP) is 5.57. The monoisotopic (exact) mass is 237 g/mol. The lowest BCUT2D eigenvalue weighted by molar-refractivity contribution is 0.508. The molecule has 0 unspecified atom stereocenters. The summed E-state index contributed by atoms with van der Waals surface area (Å²) in [6.45, 7) is 2.53. The first-order valence-corrected chi connectivity index (χ1v) is 9.48. The van der Waals surface area contributed by atoms with Gasteiger partial charge in [-0.3, -0.25) is 0 Å². The highest BCUT2D eigenvalue weighted by molar-refractivity contribution is 7.81. The molecule has 1 aliphatic heterocycles.